The number of hydrogen-bond acceptors (Lipinski definition) is 3. The van der Waals surface area contributed by atoms with Gasteiger partial charge in [-0.2, -0.15) is 0 Å². The highest BCUT2D eigenvalue weighted by Gasteiger charge is 2.48. The highest BCUT2D eigenvalue weighted by molar-refractivity contribution is 5.86. The molecule has 1 fully saturated rings. The summed E-state index contributed by atoms with van der Waals surface area (Å²) in [6, 6.07) is 18.9. The summed E-state index contributed by atoms with van der Waals surface area (Å²) in [7, 11) is 0. The fourth-order valence-corrected chi connectivity index (χ4v) is 5.95. The Morgan fingerprint density at radius 3 is 2.45 bits per heavy atom. The van der Waals surface area contributed by atoms with Crippen LogP contribution >= 0.6 is 0 Å². The summed E-state index contributed by atoms with van der Waals surface area (Å²) < 4.78 is 14.4. The van der Waals surface area contributed by atoms with Gasteiger partial charge in [0.1, 0.15) is 5.82 Å². The molecular formula is C29H31FN2O. The van der Waals surface area contributed by atoms with E-state index in [0.29, 0.717) is 5.39 Å². The Labute approximate surface area is 195 Å². The molecule has 0 amide bonds. The second-order valence-corrected chi connectivity index (χ2v) is 9.91. The van der Waals surface area contributed by atoms with E-state index in [4.69, 9.17) is 5.84 Å². The topological polar surface area (TPSA) is 49.5 Å². The lowest BCUT2D eigenvalue weighted by molar-refractivity contribution is 0.0562. The van der Waals surface area contributed by atoms with Crippen LogP contribution < -0.4 is 10.9 Å². The molecule has 2 aliphatic carbocycles. The van der Waals surface area contributed by atoms with Crippen molar-refractivity contribution in [3.8, 4) is 0 Å². The number of aliphatic hydroxyl groups excluding tert-OH is 1. The Bertz CT molecular complexity index is 1280. The van der Waals surface area contributed by atoms with Gasteiger partial charge in [0.25, 0.3) is 0 Å². The molecule has 3 aromatic rings. The predicted octanol–water partition coefficient (Wildman–Crippen LogP) is 6.72. The summed E-state index contributed by atoms with van der Waals surface area (Å²) >= 11 is 0. The zero-order valence-electron chi connectivity index (χ0n) is 19.5. The summed E-state index contributed by atoms with van der Waals surface area (Å²) in [6.45, 7) is 6.47. The number of hydrazine groups is 1. The first kappa shape index (κ1) is 21.9. The molecule has 3 nitrogen and oxygen atoms in total. The van der Waals surface area contributed by atoms with Gasteiger partial charge in [0, 0.05) is 5.39 Å². The summed E-state index contributed by atoms with van der Waals surface area (Å²) in [6.07, 6.45) is 4.23. The van der Waals surface area contributed by atoms with Crippen LogP contribution in [0.2, 0.25) is 0 Å². The molecule has 3 unspecified atom stereocenters. The fourth-order valence-electron chi connectivity index (χ4n) is 5.95. The van der Waals surface area contributed by atoms with E-state index < -0.39 is 6.10 Å². The van der Waals surface area contributed by atoms with Crippen LogP contribution in [-0.2, 0) is 0 Å². The Morgan fingerprint density at radius 1 is 1.03 bits per heavy atom. The van der Waals surface area contributed by atoms with E-state index >= 15 is 0 Å². The summed E-state index contributed by atoms with van der Waals surface area (Å²) in [5.41, 5.74) is 6.40. The number of nitrogens with zero attached hydrogens (tertiary/aromatic N) is 1. The van der Waals surface area contributed by atoms with Gasteiger partial charge in [-0.3, -0.25) is 5.01 Å². The Kier molecular flexibility index (Phi) is 5.38. The van der Waals surface area contributed by atoms with Crippen molar-refractivity contribution in [3.63, 3.8) is 0 Å². The molecule has 3 aromatic carbocycles. The van der Waals surface area contributed by atoms with E-state index in [-0.39, 0.29) is 17.2 Å². The fraction of sp³-hybridized carbons (Fsp3) is 0.310. The quantitative estimate of drug-likeness (QED) is 0.348. The van der Waals surface area contributed by atoms with Gasteiger partial charge in [-0.05, 0) is 85.2 Å². The minimum atomic E-state index is -0.660. The standard InChI is InChI=1S/C29H31FN2O/c1-18-8-11-21(12-9-18)32(31)27-16-20-10-14-25(29(20,3)17-19(27)2)28(33)24-13-15-26(30)23-7-5-4-6-22(23)24/h4-9,11-13,15-16,25,28,33H,10,14,17,31H2,1-3H3. The normalized spacial score (nSPS) is 23.5. The van der Waals surface area contributed by atoms with Crippen molar-refractivity contribution in [2.45, 2.75) is 46.1 Å². The number of benzene rings is 3. The van der Waals surface area contributed by atoms with Crippen molar-refractivity contribution >= 4 is 16.5 Å². The molecular weight excluding hydrogens is 411 g/mol. The van der Waals surface area contributed by atoms with Crippen LogP contribution in [0.15, 0.2) is 83.6 Å². The third-order valence-electron chi connectivity index (χ3n) is 7.83. The Hall–Kier alpha value is -2.95. The molecule has 0 heterocycles. The number of hydrogen-bond donors (Lipinski definition) is 2. The minimum absolute atomic E-state index is 0.0553. The molecule has 3 N–H and O–H groups in total. The van der Waals surface area contributed by atoms with E-state index in [9.17, 15) is 9.50 Å². The number of aliphatic hydroxyl groups is 1. The molecule has 2 aliphatic rings. The van der Waals surface area contributed by atoms with Gasteiger partial charge in [0.2, 0.25) is 0 Å². The molecule has 0 spiro atoms. The molecule has 0 bridgehead atoms. The number of allylic oxidation sites excluding steroid dienone is 3. The SMILES string of the molecule is CC1=C(N(N)c2ccc(C)cc2)C=C2CCC(C(O)c3ccc(F)c4ccccc34)C2(C)C1. The average molecular weight is 443 g/mol. The van der Waals surface area contributed by atoms with Crippen molar-refractivity contribution in [2.75, 3.05) is 5.01 Å². The zero-order chi connectivity index (χ0) is 23.3. The predicted molar refractivity (Wildman–Crippen MR) is 133 cm³/mol. The van der Waals surface area contributed by atoms with Gasteiger partial charge in [0.05, 0.1) is 17.5 Å². The number of halogens is 1. The van der Waals surface area contributed by atoms with Gasteiger partial charge in [-0.1, -0.05) is 60.5 Å². The third kappa shape index (κ3) is 3.58. The van der Waals surface area contributed by atoms with Gasteiger partial charge in [0.15, 0.2) is 0 Å². The van der Waals surface area contributed by atoms with E-state index in [1.54, 1.807) is 17.1 Å². The first-order chi connectivity index (χ1) is 15.8. The van der Waals surface area contributed by atoms with Gasteiger partial charge >= 0.3 is 0 Å². The number of aryl methyl sites for hydroxylation is 1. The van der Waals surface area contributed by atoms with Crippen molar-refractivity contribution in [1.82, 2.24) is 0 Å². The minimum Gasteiger partial charge on any atom is -0.388 e. The van der Waals surface area contributed by atoms with Crippen molar-refractivity contribution in [1.29, 1.82) is 0 Å². The number of fused-ring (bicyclic) bond motifs is 2. The molecule has 0 radical (unpaired) electrons. The average Bonchev–Trinajstić information content (AvgIpc) is 3.14. The van der Waals surface area contributed by atoms with Crippen molar-refractivity contribution < 1.29 is 9.50 Å². The van der Waals surface area contributed by atoms with Gasteiger partial charge in [-0.15, -0.1) is 0 Å². The van der Waals surface area contributed by atoms with Crippen LogP contribution in [0.4, 0.5) is 10.1 Å². The van der Waals surface area contributed by atoms with Crippen LogP contribution in [-0.4, -0.2) is 5.11 Å². The molecule has 0 saturated heterocycles. The molecule has 33 heavy (non-hydrogen) atoms. The number of rotatable bonds is 4. The first-order valence-corrected chi connectivity index (χ1v) is 11.7. The summed E-state index contributed by atoms with van der Waals surface area (Å²) in [5, 5.41) is 14.7. The molecule has 0 aliphatic heterocycles. The number of anilines is 1. The monoisotopic (exact) mass is 442 g/mol. The summed E-state index contributed by atoms with van der Waals surface area (Å²) in [5.74, 6) is 6.35. The van der Waals surface area contributed by atoms with Crippen molar-refractivity contribution in [3.05, 3.63) is 101 Å². The third-order valence-corrected chi connectivity index (χ3v) is 7.83. The van der Waals surface area contributed by atoms with E-state index in [2.05, 4.69) is 39.0 Å². The maximum Gasteiger partial charge on any atom is 0.131 e. The maximum absolute atomic E-state index is 14.4. The second-order valence-electron chi connectivity index (χ2n) is 9.91. The van der Waals surface area contributed by atoms with Crippen LogP contribution in [0.1, 0.15) is 50.3 Å². The van der Waals surface area contributed by atoms with Crippen LogP contribution in [0, 0.1) is 24.1 Å². The summed E-state index contributed by atoms with van der Waals surface area (Å²) in [4.78, 5) is 0. The number of nitrogens with two attached hydrogens (primary N) is 1. The highest BCUT2D eigenvalue weighted by atomic mass is 19.1. The molecule has 4 heteroatoms. The molecule has 1 saturated carbocycles. The van der Waals surface area contributed by atoms with Gasteiger partial charge < -0.3 is 5.11 Å². The Morgan fingerprint density at radius 2 is 1.73 bits per heavy atom. The maximum atomic E-state index is 14.4. The van der Waals surface area contributed by atoms with Crippen molar-refractivity contribution in [2.24, 2.45) is 17.2 Å². The largest absolute Gasteiger partial charge is 0.388 e. The van der Waals surface area contributed by atoms with E-state index in [1.165, 1.54) is 22.8 Å². The molecule has 5 rings (SSSR count). The highest BCUT2D eigenvalue weighted by Crippen LogP contribution is 2.58. The van der Waals surface area contributed by atoms with E-state index in [0.717, 1.165) is 41.6 Å². The van der Waals surface area contributed by atoms with Crippen LogP contribution in [0.3, 0.4) is 0 Å². The molecule has 170 valence electrons. The van der Waals surface area contributed by atoms with Crippen LogP contribution in [0.5, 0.6) is 0 Å². The lowest BCUT2D eigenvalue weighted by Crippen LogP contribution is -2.36. The molecule has 0 aromatic heterocycles. The first-order valence-electron chi connectivity index (χ1n) is 11.7. The smallest absolute Gasteiger partial charge is 0.131 e. The van der Waals surface area contributed by atoms with Gasteiger partial charge in [-0.25, -0.2) is 10.2 Å². The lowest BCUT2D eigenvalue weighted by Gasteiger charge is -2.40. The van der Waals surface area contributed by atoms with E-state index in [1.807, 2.05) is 30.3 Å². The zero-order valence-corrected chi connectivity index (χ0v) is 19.5. The second kappa shape index (κ2) is 8.12. The molecule has 3 atom stereocenters. The van der Waals surface area contributed by atoms with Crippen LogP contribution in [0.25, 0.3) is 10.8 Å². The lowest BCUT2D eigenvalue weighted by atomic mass is 9.67. The Balaban J connectivity index is 1.47.